The molecule has 2 aliphatic heterocycles. The Labute approximate surface area is 143 Å². The average molecular weight is 337 g/mol. The van der Waals surface area contributed by atoms with Crippen LogP contribution in [0.1, 0.15) is 17.2 Å². The lowest BCUT2D eigenvalue weighted by Gasteiger charge is -2.20. The first kappa shape index (κ1) is 15.3. The van der Waals surface area contributed by atoms with Gasteiger partial charge in [0.25, 0.3) is 11.7 Å². The van der Waals surface area contributed by atoms with Crippen molar-refractivity contribution in [2.24, 2.45) is 0 Å². The van der Waals surface area contributed by atoms with Gasteiger partial charge in [-0.25, -0.2) is 0 Å². The maximum atomic E-state index is 12.5. The van der Waals surface area contributed by atoms with Crippen LogP contribution in [0, 0.1) is 0 Å². The van der Waals surface area contributed by atoms with Crippen LogP contribution in [0.15, 0.2) is 54.1 Å². The van der Waals surface area contributed by atoms with Gasteiger partial charge in [0, 0.05) is 12.6 Å². The average Bonchev–Trinajstić information content (AvgIpc) is 3.19. The molecule has 0 radical (unpaired) electrons. The Hall–Kier alpha value is -3.28. The fourth-order valence-corrected chi connectivity index (χ4v) is 3.17. The molecule has 0 aromatic heterocycles. The molecule has 6 heteroatoms. The van der Waals surface area contributed by atoms with E-state index >= 15 is 0 Å². The fraction of sp³-hybridized carbons (Fsp3) is 0.158. The number of likely N-dealkylation sites (N-methyl/N-ethyl adjacent to an activating group) is 1. The molecular formula is C19H15NO5. The Morgan fingerprint density at radius 3 is 2.56 bits per heavy atom. The Balaban J connectivity index is 1.86. The number of likely N-dealkylation sites (tertiary alicyclic amines) is 1. The van der Waals surface area contributed by atoms with E-state index in [1.54, 1.807) is 25.2 Å². The van der Waals surface area contributed by atoms with Crippen LogP contribution in [0.2, 0.25) is 0 Å². The van der Waals surface area contributed by atoms with E-state index < -0.39 is 17.7 Å². The van der Waals surface area contributed by atoms with Gasteiger partial charge in [-0.3, -0.25) is 9.59 Å². The molecule has 2 aliphatic rings. The number of ether oxygens (including phenoxy) is 2. The van der Waals surface area contributed by atoms with Crippen molar-refractivity contribution >= 4 is 17.4 Å². The Morgan fingerprint density at radius 2 is 1.80 bits per heavy atom. The summed E-state index contributed by atoms with van der Waals surface area (Å²) in [6, 6.07) is 13.4. The summed E-state index contributed by atoms with van der Waals surface area (Å²) in [7, 11) is 1.55. The predicted molar refractivity (Wildman–Crippen MR) is 89.1 cm³/mol. The van der Waals surface area contributed by atoms with E-state index in [4.69, 9.17) is 9.47 Å². The van der Waals surface area contributed by atoms with Gasteiger partial charge >= 0.3 is 0 Å². The molecule has 1 unspecified atom stereocenters. The second kappa shape index (κ2) is 5.66. The van der Waals surface area contributed by atoms with Gasteiger partial charge in [0.1, 0.15) is 5.76 Å². The number of hydrogen-bond acceptors (Lipinski definition) is 5. The van der Waals surface area contributed by atoms with Gasteiger partial charge in [-0.2, -0.15) is 0 Å². The molecule has 1 N–H and O–H groups in total. The van der Waals surface area contributed by atoms with E-state index in [0.29, 0.717) is 17.1 Å². The highest BCUT2D eigenvalue weighted by atomic mass is 16.7. The van der Waals surface area contributed by atoms with Crippen molar-refractivity contribution in [3.63, 3.8) is 0 Å². The zero-order valence-electron chi connectivity index (χ0n) is 13.4. The van der Waals surface area contributed by atoms with Gasteiger partial charge in [0.15, 0.2) is 11.5 Å². The monoisotopic (exact) mass is 337 g/mol. The van der Waals surface area contributed by atoms with Crippen molar-refractivity contribution in [2.45, 2.75) is 6.04 Å². The summed E-state index contributed by atoms with van der Waals surface area (Å²) in [6.45, 7) is 0.114. The molecular weight excluding hydrogens is 322 g/mol. The molecule has 2 heterocycles. The second-order valence-corrected chi connectivity index (χ2v) is 5.89. The third-order valence-corrected chi connectivity index (χ3v) is 4.44. The van der Waals surface area contributed by atoms with Crippen LogP contribution < -0.4 is 9.47 Å². The highest BCUT2D eigenvalue weighted by Gasteiger charge is 2.44. The normalized spacial score (nSPS) is 21.0. The molecule has 1 saturated heterocycles. The topological polar surface area (TPSA) is 76.1 Å². The smallest absolute Gasteiger partial charge is 0.295 e. The summed E-state index contributed by atoms with van der Waals surface area (Å²) < 4.78 is 10.6. The SMILES string of the molecule is CN1C(=O)C(=O)/C(=C(/O)c2ccc3c(c2)OCO3)C1c1ccccc1. The van der Waals surface area contributed by atoms with E-state index in [1.165, 1.54) is 4.90 Å². The summed E-state index contributed by atoms with van der Waals surface area (Å²) in [5.41, 5.74) is 1.22. The summed E-state index contributed by atoms with van der Waals surface area (Å²) in [4.78, 5) is 26.0. The standard InChI is InChI=1S/C19H15NO5/c1-20-16(11-5-3-2-4-6-11)15(18(22)19(20)23)17(21)12-7-8-13-14(9-12)25-10-24-13/h2-9,16,21H,10H2,1H3/b17-15+. The zero-order chi connectivity index (χ0) is 17.6. The van der Waals surface area contributed by atoms with E-state index in [2.05, 4.69) is 0 Å². The van der Waals surface area contributed by atoms with Gasteiger partial charge in [-0.05, 0) is 23.8 Å². The molecule has 1 atom stereocenters. The van der Waals surface area contributed by atoms with Gasteiger partial charge in [0.2, 0.25) is 6.79 Å². The van der Waals surface area contributed by atoms with Crippen LogP contribution in [0.4, 0.5) is 0 Å². The van der Waals surface area contributed by atoms with Gasteiger partial charge in [-0.15, -0.1) is 0 Å². The number of carbonyl (C=O) groups is 2. The van der Waals surface area contributed by atoms with Crippen LogP contribution in [0.25, 0.3) is 5.76 Å². The molecule has 0 aliphatic carbocycles. The maximum absolute atomic E-state index is 12.5. The number of ketones is 1. The van der Waals surface area contributed by atoms with Crippen molar-refractivity contribution in [2.75, 3.05) is 13.8 Å². The zero-order valence-corrected chi connectivity index (χ0v) is 13.4. The van der Waals surface area contributed by atoms with Gasteiger partial charge < -0.3 is 19.5 Å². The van der Waals surface area contributed by atoms with E-state index in [0.717, 1.165) is 5.56 Å². The molecule has 6 nitrogen and oxygen atoms in total. The number of aliphatic hydroxyl groups excluding tert-OH is 1. The third-order valence-electron chi connectivity index (χ3n) is 4.44. The number of aliphatic hydroxyl groups is 1. The van der Waals surface area contributed by atoms with Crippen LogP contribution in [0.5, 0.6) is 11.5 Å². The Bertz CT molecular complexity index is 903. The quantitative estimate of drug-likeness (QED) is 0.517. The van der Waals surface area contributed by atoms with Crippen LogP contribution in [0.3, 0.4) is 0 Å². The van der Waals surface area contributed by atoms with Gasteiger partial charge in [-0.1, -0.05) is 30.3 Å². The molecule has 1 fully saturated rings. The summed E-state index contributed by atoms with van der Waals surface area (Å²) in [6.07, 6.45) is 0. The highest BCUT2D eigenvalue weighted by molar-refractivity contribution is 6.46. The minimum absolute atomic E-state index is 0.0672. The van der Waals surface area contributed by atoms with Crippen molar-refractivity contribution in [3.05, 3.63) is 65.2 Å². The van der Waals surface area contributed by atoms with Gasteiger partial charge in [0.05, 0.1) is 11.6 Å². The molecule has 4 rings (SSSR count). The lowest BCUT2D eigenvalue weighted by atomic mass is 9.95. The number of nitrogens with zero attached hydrogens (tertiary/aromatic N) is 1. The number of amides is 1. The number of benzene rings is 2. The van der Waals surface area contributed by atoms with Crippen molar-refractivity contribution in [1.82, 2.24) is 4.90 Å². The number of fused-ring (bicyclic) bond motifs is 1. The second-order valence-electron chi connectivity index (χ2n) is 5.89. The Kier molecular flexibility index (Phi) is 3.46. The first-order valence-electron chi connectivity index (χ1n) is 7.77. The number of rotatable bonds is 2. The lowest BCUT2D eigenvalue weighted by molar-refractivity contribution is -0.139. The third kappa shape index (κ3) is 2.34. The van der Waals surface area contributed by atoms with E-state index in [9.17, 15) is 14.7 Å². The molecule has 2 aromatic carbocycles. The highest BCUT2D eigenvalue weighted by Crippen LogP contribution is 2.40. The molecule has 25 heavy (non-hydrogen) atoms. The first-order valence-corrected chi connectivity index (χ1v) is 7.77. The minimum Gasteiger partial charge on any atom is -0.507 e. The maximum Gasteiger partial charge on any atom is 0.295 e. The summed E-state index contributed by atoms with van der Waals surface area (Å²) in [5, 5.41) is 10.8. The molecule has 0 saturated carbocycles. The van der Waals surface area contributed by atoms with Crippen LogP contribution in [-0.4, -0.2) is 35.5 Å². The van der Waals surface area contributed by atoms with Crippen LogP contribution >= 0.6 is 0 Å². The summed E-state index contributed by atoms with van der Waals surface area (Å²) in [5.74, 6) is -0.504. The number of hydrogen-bond donors (Lipinski definition) is 1. The van der Waals surface area contributed by atoms with Crippen molar-refractivity contribution < 1.29 is 24.2 Å². The summed E-state index contributed by atoms with van der Waals surface area (Å²) >= 11 is 0. The van der Waals surface area contributed by atoms with E-state index in [1.807, 2.05) is 30.3 Å². The molecule has 0 spiro atoms. The largest absolute Gasteiger partial charge is 0.507 e. The molecule has 126 valence electrons. The lowest BCUT2D eigenvalue weighted by Crippen LogP contribution is -2.24. The predicted octanol–water partition coefficient (Wildman–Crippen LogP) is 2.47. The number of carbonyl (C=O) groups excluding carboxylic acids is 2. The number of Topliss-reactive ketones (excluding diaryl/α,β-unsaturated/α-hetero) is 1. The van der Waals surface area contributed by atoms with E-state index in [-0.39, 0.29) is 18.1 Å². The Morgan fingerprint density at radius 1 is 1.08 bits per heavy atom. The minimum atomic E-state index is -0.702. The molecule has 2 aromatic rings. The molecule has 0 bridgehead atoms. The fourth-order valence-electron chi connectivity index (χ4n) is 3.17. The van der Waals surface area contributed by atoms with Crippen molar-refractivity contribution in [1.29, 1.82) is 0 Å². The van der Waals surface area contributed by atoms with Crippen molar-refractivity contribution in [3.8, 4) is 11.5 Å². The molecule has 1 amide bonds. The first-order chi connectivity index (χ1) is 12.1. The van der Waals surface area contributed by atoms with Crippen LogP contribution in [-0.2, 0) is 9.59 Å².